The molecule has 104 valence electrons. The summed E-state index contributed by atoms with van der Waals surface area (Å²) < 4.78 is 0. The van der Waals surface area contributed by atoms with E-state index >= 15 is 0 Å². The lowest BCUT2D eigenvalue weighted by atomic mass is 10.1. The van der Waals surface area contributed by atoms with Crippen LogP contribution in [0.5, 0.6) is 0 Å². The SMILES string of the molecule is Cc1c(CNC(=O)c2cc(S)cs2)cccc1[N+](=O)[O-]. The van der Waals surface area contributed by atoms with E-state index in [9.17, 15) is 14.9 Å². The van der Waals surface area contributed by atoms with Gasteiger partial charge >= 0.3 is 0 Å². The Hall–Kier alpha value is -1.86. The number of nitro groups is 1. The van der Waals surface area contributed by atoms with Gasteiger partial charge in [0.2, 0.25) is 0 Å². The molecule has 1 aromatic heterocycles. The number of carbonyl (C=O) groups excluding carboxylic acids is 1. The van der Waals surface area contributed by atoms with Crippen molar-refractivity contribution in [3.63, 3.8) is 0 Å². The summed E-state index contributed by atoms with van der Waals surface area (Å²) in [5, 5.41) is 15.4. The summed E-state index contributed by atoms with van der Waals surface area (Å²) in [6, 6.07) is 6.52. The highest BCUT2D eigenvalue weighted by Gasteiger charge is 2.14. The maximum absolute atomic E-state index is 11.9. The van der Waals surface area contributed by atoms with Gasteiger partial charge in [-0.15, -0.1) is 24.0 Å². The Morgan fingerprint density at radius 2 is 2.25 bits per heavy atom. The zero-order chi connectivity index (χ0) is 14.7. The minimum absolute atomic E-state index is 0.0607. The number of amides is 1. The van der Waals surface area contributed by atoms with E-state index in [-0.39, 0.29) is 18.1 Å². The van der Waals surface area contributed by atoms with Crippen LogP contribution in [0.15, 0.2) is 34.5 Å². The van der Waals surface area contributed by atoms with Crippen LogP contribution in [0.1, 0.15) is 20.8 Å². The Labute approximate surface area is 125 Å². The highest BCUT2D eigenvalue weighted by atomic mass is 32.1. The highest BCUT2D eigenvalue weighted by molar-refractivity contribution is 7.80. The zero-order valence-corrected chi connectivity index (χ0v) is 12.3. The zero-order valence-electron chi connectivity index (χ0n) is 10.6. The van der Waals surface area contributed by atoms with Crippen LogP contribution in [0, 0.1) is 17.0 Å². The lowest BCUT2D eigenvalue weighted by Gasteiger charge is -2.07. The Balaban J connectivity index is 2.10. The summed E-state index contributed by atoms with van der Waals surface area (Å²) in [4.78, 5) is 23.6. The van der Waals surface area contributed by atoms with E-state index in [2.05, 4.69) is 17.9 Å². The fraction of sp³-hybridized carbons (Fsp3) is 0.154. The number of nitrogens with one attached hydrogen (secondary N) is 1. The number of hydrogen-bond donors (Lipinski definition) is 2. The quantitative estimate of drug-likeness (QED) is 0.517. The molecule has 0 unspecified atom stereocenters. The lowest BCUT2D eigenvalue weighted by molar-refractivity contribution is -0.385. The number of nitrogens with zero attached hydrogens (tertiary/aromatic N) is 1. The van der Waals surface area contributed by atoms with Crippen molar-refractivity contribution >= 4 is 35.6 Å². The van der Waals surface area contributed by atoms with E-state index < -0.39 is 4.92 Å². The monoisotopic (exact) mass is 308 g/mol. The molecule has 2 aromatic rings. The van der Waals surface area contributed by atoms with Crippen molar-refractivity contribution in [1.29, 1.82) is 0 Å². The van der Waals surface area contributed by atoms with Gasteiger partial charge in [-0.2, -0.15) is 0 Å². The van der Waals surface area contributed by atoms with Gasteiger partial charge in [-0.1, -0.05) is 12.1 Å². The van der Waals surface area contributed by atoms with Gasteiger partial charge in [0.1, 0.15) is 0 Å². The van der Waals surface area contributed by atoms with Crippen molar-refractivity contribution in [3.8, 4) is 0 Å². The third-order valence-electron chi connectivity index (χ3n) is 2.86. The standard InChI is InChI=1S/C13H12N2O3S2/c1-8-9(3-2-4-11(8)15(17)18)6-14-13(16)12-5-10(19)7-20-12/h2-5,7,19H,6H2,1H3,(H,14,16). The fourth-order valence-electron chi connectivity index (χ4n) is 1.77. The predicted molar refractivity (Wildman–Crippen MR) is 80.6 cm³/mol. The number of nitro benzene ring substituents is 1. The number of carbonyl (C=O) groups is 1. The van der Waals surface area contributed by atoms with E-state index in [1.807, 2.05) is 0 Å². The average molecular weight is 308 g/mol. The first-order valence-electron chi connectivity index (χ1n) is 5.77. The molecule has 1 heterocycles. The van der Waals surface area contributed by atoms with Crippen LogP contribution in [0.4, 0.5) is 5.69 Å². The van der Waals surface area contributed by atoms with Gasteiger partial charge < -0.3 is 5.32 Å². The van der Waals surface area contributed by atoms with E-state index in [1.165, 1.54) is 17.4 Å². The van der Waals surface area contributed by atoms with Gasteiger partial charge in [0.05, 0.1) is 9.80 Å². The molecule has 1 amide bonds. The van der Waals surface area contributed by atoms with Crippen molar-refractivity contribution in [2.24, 2.45) is 0 Å². The molecule has 0 bridgehead atoms. The van der Waals surface area contributed by atoms with E-state index in [1.54, 1.807) is 30.5 Å². The Bertz CT molecular complexity index is 667. The minimum atomic E-state index is -0.424. The molecule has 0 saturated carbocycles. The molecule has 1 aromatic carbocycles. The van der Waals surface area contributed by atoms with Crippen LogP contribution < -0.4 is 5.32 Å². The van der Waals surface area contributed by atoms with Crippen molar-refractivity contribution in [2.45, 2.75) is 18.4 Å². The molecule has 0 spiro atoms. The van der Waals surface area contributed by atoms with Crippen LogP contribution in [-0.2, 0) is 6.54 Å². The Morgan fingerprint density at radius 3 is 2.85 bits per heavy atom. The Kier molecular flexibility index (Phi) is 4.41. The third-order valence-corrected chi connectivity index (χ3v) is 4.22. The molecule has 0 radical (unpaired) electrons. The molecular formula is C13H12N2O3S2. The summed E-state index contributed by atoms with van der Waals surface area (Å²) >= 11 is 5.45. The van der Waals surface area contributed by atoms with Crippen LogP contribution >= 0.6 is 24.0 Å². The number of thiol groups is 1. The molecule has 0 saturated heterocycles. The molecule has 0 aliphatic rings. The normalized spacial score (nSPS) is 10.3. The summed E-state index contributed by atoms with van der Waals surface area (Å²) in [7, 11) is 0. The maximum atomic E-state index is 11.9. The summed E-state index contributed by atoms with van der Waals surface area (Å²) in [5.74, 6) is -0.207. The average Bonchev–Trinajstić information content (AvgIpc) is 2.83. The van der Waals surface area contributed by atoms with Gasteiger partial charge in [0.25, 0.3) is 11.6 Å². The molecule has 0 aliphatic carbocycles. The van der Waals surface area contributed by atoms with Crippen molar-refractivity contribution in [1.82, 2.24) is 5.32 Å². The largest absolute Gasteiger partial charge is 0.347 e. The van der Waals surface area contributed by atoms with Crippen LogP contribution in [0.3, 0.4) is 0 Å². The molecule has 20 heavy (non-hydrogen) atoms. The van der Waals surface area contributed by atoms with E-state index in [0.717, 1.165) is 10.5 Å². The summed E-state index contributed by atoms with van der Waals surface area (Å²) in [5.41, 5.74) is 1.36. The first-order chi connectivity index (χ1) is 9.49. The van der Waals surface area contributed by atoms with Gasteiger partial charge in [-0.05, 0) is 18.6 Å². The Morgan fingerprint density at radius 1 is 1.50 bits per heavy atom. The molecular weight excluding hydrogens is 296 g/mol. The molecule has 7 heteroatoms. The van der Waals surface area contributed by atoms with Crippen LogP contribution in [0.25, 0.3) is 0 Å². The molecule has 0 aliphatic heterocycles. The second-order valence-corrected chi connectivity index (χ2v) is 5.60. The van der Waals surface area contributed by atoms with Crippen molar-refractivity contribution in [2.75, 3.05) is 0 Å². The van der Waals surface area contributed by atoms with Gasteiger partial charge in [0.15, 0.2) is 0 Å². The number of thiophene rings is 1. The maximum Gasteiger partial charge on any atom is 0.272 e. The van der Waals surface area contributed by atoms with Crippen LogP contribution in [0.2, 0.25) is 0 Å². The number of rotatable bonds is 4. The van der Waals surface area contributed by atoms with Gasteiger partial charge in [-0.3, -0.25) is 14.9 Å². The molecule has 2 rings (SSSR count). The number of hydrogen-bond acceptors (Lipinski definition) is 5. The smallest absolute Gasteiger partial charge is 0.272 e. The highest BCUT2D eigenvalue weighted by Crippen LogP contribution is 2.21. The minimum Gasteiger partial charge on any atom is -0.347 e. The second-order valence-electron chi connectivity index (χ2n) is 4.17. The third kappa shape index (κ3) is 3.17. The van der Waals surface area contributed by atoms with E-state index in [0.29, 0.717) is 10.4 Å². The lowest BCUT2D eigenvalue weighted by Crippen LogP contribution is -2.22. The fourth-order valence-corrected chi connectivity index (χ4v) is 2.83. The van der Waals surface area contributed by atoms with Crippen LogP contribution in [-0.4, -0.2) is 10.8 Å². The topological polar surface area (TPSA) is 72.2 Å². The molecule has 5 nitrogen and oxygen atoms in total. The summed E-state index contributed by atoms with van der Waals surface area (Å²) in [6.45, 7) is 1.93. The first kappa shape index (κ1) is 14.5. The second kappa shape index (κ2) is 6.06. The van der Waals surface area contributed by atoms with Gasteiger partial charge in [-0.25, -0.2) is 0 Å². The summed E-state index contributed by atoms with van der Waals surface area (Å²) in [6.07, 6.45) is 0. The number of benzene rings is 1. The van der Waals surface area contributed by atoms with Crippen molar-refractivity contribution < 1.29 is 9.72 Å². The van der Waals surface area contributed by atoms with E-state index in [4.69, 9.17) is 0 Å². The van der Waals surface area contributed by atoms with Crippen molar-refractivity contribution in [3.05, 3.63) is 55.8 Å². The predicted octanol–water partition coefficient (Wildman–Crippen LogP) is 3.18. The first-order valence-corrected chi connectivity index (χ1v) is 7.10. The molecule has 0 fully saturated rings. The molecule has 0 atom stereocenters. The van der Waals surface area contributed by atoms with Gasteiger partial charge in [0, 0.05) is 28.5 Å². The molecule has 1 N–H and O–H groups in total.